The molecule has 0 fully saturated rings. The first-order valence-corrected chi connectivity index (χ1v) is 5.93. The van der Waals surface area contributed by atoms with E-state index in [1.165, 1.54) is 6.07 Å². The third kappa shape index (κ3) is 3.15. The van der Waals surface area contributed by atoms with Crippen LogP contribution in [0.2, 0.25) is 10.0 Å². The van der Waals surface area contributed by atoms with Crippen LogP contribution < -0.4 is 10.5 Å². The van der Waals surface area contributed by atoms with Crippen LogP contribution in [0.4, 0.5) is 0 Å². The topological polar surface area (TPSA) is 47.5 Å². The van der Waals surface area contributed by atoms with Crippen molar-refractivity contribution >= 4 is 29.1 Å². The van der Waals surface area contributed by atoms with Gasteiger partial charge in [0.25, 0.3) is 0 Å². The van der Waals surface area contributed by atoms with Crippen molar-refractivity contribution in [2.45, 2.75) is 0 Å². The van der Waals surface area contributed by atoms with Crippen LogP contribution in [0.1, 0.15) is 5.56 Å². The van der Waals surface area contributed by atoms with Crippen molar-refractivity contribution in [2.24, 2.45) is 5.10 Å². The number of rotatable bonds is 3. The maximum absolute atomic E-state index is 11.7. The van der Waals surface area contributed by atoms with E-state index in [1.54, 1.807) is 18.3 Å². The molecule has 92 valence electrons. The fourth-order valence-corrected chi connectivity index (χ4v) is 1.86. The lowest BCUT2D eigenvalue weighted by atomic mass is 10.2. The van der Waals surface area contributed by atoms with Crippen LogP contribution >= 0.6 is 23.2 Å². The molecule has 2 rings (SSSR count). The normalized spacial score (nSPS) is 14.1. The maximum Gasteiger partial charge on any atom is 0.0503 e. The molecule has 0 heterocycles. The van der Waals surface area contributed by atoms with Gasteiger partial charge in [0.15, 0.2) is 0 Å². The molecule has 0 unspecified atom stereocenters. The fourth-order valence-electron chi connectivity index (χ4n) is 1.37. The minimum Gasteiger partial charge on any atom is -0.857 e. The van der Waals surface area contributed by atoms with Crippen LogP contribution in [0.25, 0.3) is 0 Å². The molecule has 0 radical (unpaired) electrons. The Morgan fingerprint density at radius 1 is 1.22 bits per heavy atom. The van der Waals surface area contributed by atoms with Crippen molar-refractivity contribution < 1.29 is 5.11 Å². The van der Waals surface area contributed by atoms with Crippen LogP contribution in [0, 0.1) is 0 Å². The minimum absolute atomic E-state index is 0.284. The van der Waals surface area contributed by atoms with Crippen molar-refractivity contribution in [2.75, 3.05) is 0 Å². The summed E-state index contributed by atoms with van der Waals surface area (Å²) in [4.78, 5) is 0. The van der Waals surface area contributed by atoms with Gasteiger partial charge in [-0.3, -0.25) is 5.43 Å². The molecule has 0 spiro atoms. The second kappa shape index (κ2) is 5.76. The van der Waals surface area contributed by atoms with Gasteiger partial charge in [-0.15, -0.1) is 0 Å². The van der Waals surface area contributed by atoms with Crippen molar-refractivity contribution in [1.29, 1.82) is 0 Å². The zero-order valence-corrected chi connectivity index (χ0v) is 10.7. The highest BCUT2D eigenvalue weighted by molar-refractivity contribution is 6.36. The van der Waals surface area contributed by atoms with E-state index >= 15 is 0 Å². The van der Waals surface area contributed by atoms with Gasteiger partial charge in [0.2, 0.25) is 0 Å². The van der Waals surface area contributed by atoms with E-state index in [0.29, 0.717) is 10.6 Å². The Morgan fingerprint density at radius 3 is 2.61 bits per heavy atom. The number of nitrogens with zero attached hydrogens (tertiary/aromatic N) is 1. The standard InChI is InChI=1S/C13H10Cl2N2O/c14-10-5-6-11(12(15)7-10)13(18)17-16-8-9-3-1-2-4-9/h1-8,16H,(H,17,18)/p-1. The zero-order valence-electron chi connectivity index (χ0n) is 9.23. The number of hydrogen-bond acceptors (Lipinski definition) is 3. The molecule has 5 heteroatoms. The van der Waals surface area contributed by atoms with E-state index < -0.39 is 5.90 Å². The highest BCUT2D eigenvalue weighted by Crippen LogP contribution is 2.20. The van der Waals surface area contributed by atoms with Crippen LogP contribution in [0.15, 0.2) is 59.4 Å². The van der Waals surface area contributed by atoms with Gasteiger partial charge in [0, 0.05) is 22.7 Å². The predicted octanol–water partition coefficient (Wildman–Crippen LogP) is 2.61. The Kier molecular flexibility index (Phi) is 4.07. The second-order valence-corrected chi connectivity index (χ2v) is 4.38. The van der Waals surface area contributed by atoms with Crippen LogP contribution in [-0.2, 0) is 0 Å². The quantitative estimate of drug-likeness (QED) is 0.525. The molecule has 0 saturated carbocycles. The van der Waals surface area contributed by atoms with Crippen LogP contribution in [0.5, 0.6) is 0 Å². The highest BCUT2D eigenvalue weighted by Gasteiger charge is 2.00. The maximum atomic E-state index is 11.7. The molecule has 1 aromatic carbocycles. The Morgan fingerprint density at radius 2 is 1.94 bits per heavy atom. The first-order chi connectivity index (χ1) is 8.66. The third-order valence-corrected chi connectivity index (χ3v) is 2.80. The third-order valence-electron chi connectivity index (χ3n) is 2.25. The molecule has 0 aliphatic heterocycles. The summed E-state index contributed by atoms with van der Waals surface area (Å²) < 4.78 is 0. The molecule has 0 aromatic heterocycles. The predicted molar refractivity (Wildman–Crippen MR) is 72.5 cm³/mol. The zero-order chi connectivity index (χ0) is 13.0. The van der Waals surface area contributed by atoms with Crippen molar-refractivity contribution in [3.8, 4) is 0 Å². The average Bonchev–Trinajstić information content (AvgIpc) is 2.81. The van der Waals surface area contributed by atoms with E-state index in [0.717, 1.165) is 5.57 Å². The summed E-state index contributed by atoms with van der Waals surface area (Å²) in [7, 11) is 0. The van der Waals surface area contributed by atoms with Gasteiger partial charge in [-0.1, -0.05) is 53.6 Å². The number of hydrogen-bond donors (Lipinski definition) is 1. The number of halogens is 2. The molecule has 0 amide bonds. The number of hydrazone groups is 1. The fraction of sp³-hybridized carbons (Fsp3) is 0. The number of nitrogens with one attached hydrogen (secondary N) is 1. The summed E-state index contributed by atoms with van der Waals surface area (Å²) in [6.07, 6.45) is 9.20. The summed E-state index contributed by atoms with van der Waals surface area (Å²) in [5, 5.41) is 16.2. The molecule has 0 saturated heterocycles. The Hall–Kier alpha value is -1.71. The molecule has 1 N–H and O–H groups in total. The molecule has 0 atom stereocenters. The lowest BCUT2D eigenvalue weighted by Gasteiger charge is -2.12. The monoisotopic (exact) mass is 279 g/mol. The molecule has 1 aliphatic rings. The second-order valence-electron chi connectivity index (χ2n) is 3.53. The summed E-state index contributed by atoms with van der Waals surface area (Å²) in [6, 6.07) is 4.64. The molecule has 18 heavy (non-hydrogen) atoms. The molecule has 3 nitrogen and oxygen atoms in total. The van der Waals surface area contributed by atoms with E-state index in [1.807, 2.05) is 24.3 Å². The molecular weight excluding hydrogens is 271 g/mol. The van der Waals surface area contributed by atoms with E-state index in [2.05, 4.69) is 10.5 Å². The molecule has 1 aliphatic carbocycles. The largest absolute Gasteiger partial charge is 0.857 e. The summed E-state index contributed by atoms with van der Waals surface area (Å²) in [5.41, 5.74) is 3.84. The first kappa shape index (κ1) is 12.7. The van der Waals surface area contributed by atoms with Gasteiger partial charge in [-0.2, -0.15) is 5.10 Å². The van der Waals surface area contributed by atoms with E-state index in [9.17, 15) is 5.11 Å². The van der Waals surface area contributed by atoms with Crippen molar-refractivity contribution in [3.63, 3.8) is 0 Å². The first-order valence-electron chi connectivity index (χ1n) is 5.17. The van der Waals surface area contributed by atoms with Crippen LogP contribution in [-0.4, -0.2) is 5.90 Å². The van der Waals surface area contributed by atoms with Gasteiger partial charge in [0.1, 0.15) is 0 Å². The van der Waals surface area contributed by atoms with Gasteiger partial charge in [-0.05, 0) is 17.7 Å². The van der Waals surface area contributed by atoms with Gasteiger partial charge >= 0.3 is 0 Å². The summed E-state index contributed by atoms with van der Waals surface area (Å²) in [5.74, 6) is -0.445. The number of benzene rings is 1. The molecule has 0 bridgehead atoms. The summed E-state index contributed by atoms with van der Waals surface area (Å²) >= 11 is 11.6. The molecular formula is C13H9Cl2N2O-. The lowest BCUT2D eigenvalue weighted by molar-refractivity contribution is -0.213. The Balaban J connectivity index is 2.10. The lowest BCUT2D eigenvalue weighted by Crippen LogP contribution is -2.22. The van der Waals surface area contributed by atoms with E-state index in [4.69, 9.17) is 23.2 Å². The SMILES string of the molecule is [O-]C(=NNC=C1C=CC=C1)c1ccc(Cl)cc1Cl. The van der Waals surface area contributed by atoms with Crippen LogP contribution in [0.3, 0.4) is 0 Å². The van der Waals surface area contributed by atoms with Crippen molar-refractivity contribution in [1.82, 2.24) is 5.43 Å². The average molecular weight is 280 g/mol. The summed E-state index contributed by atoms with van der Waals surface area (Å²) in [6.45, 7) is 0. The Bertz CT molecular complexity index is 560. The Labute approximate surface area is 115 Å². The smallest absolute Gasteiger partial charge is 0.0503 e. The van der Waals surface area contributed by atoms with Gasteiger partial charge in [0.05, 0.1) is 5.02 Å². The van der Waals surface area contributed by atoms with Crippen molar-refractivity contribution in [3.05, 3.63) is 69.9 Å². The van der Waals surface area contributed by atoms with Gasteiger partial charge in [-0.25, -0.2) is 0 Å². The highest BCUT2D eigenvalue weighted by atomic mass is 35.5. The minimum atomic E-state index is -0.445. The van der Waals surface area contributed by atoms with Gasteiger partial charge < -0.3 is 5.11 Å². The van der Waals surface area contributed by atoms with E-state index in [-0.39, 0.29) is 5.02 Å². The molecule has 1 aromatic rings. The number of allylic oxidation sites excluding steroid dienone is 5.